The molecule has 4 aromatic rings. The van der Waals surface area contributed by atoms with E-state index in [1.165, 1.54) is 4.88 Å². The number of hydrogen-bond acceptors (Lipinski definition) is 5. The van der Waals surface area contributed by atoms with Gasteiger partial charge in [0.2, 0.25) is 0 Å². The van der Waals surface area contributed by atoms with Gasteiger partial charge in [0, 0.05) is 28.4 Å². The summed E-state index contributed by atoms with van der Waals surface area (Å²) in [5, 5.41) is 7.47. The fraction of sp³-hybridized carbons (Fsp3) is 0.160. The van der Waals surface area contributed by atoms with Crippen molar-refractivity contribution in [3.05, 3.63) is 106 Å². The third-order valence-corrected chi connectivity index (χ3v) is 6.14. The van der Waals surface area contributed by atoms with Crippen LogP contribution in [0.2, 0.25) is 0 Å². The SMILES string of the molecule is CCc1cc([C@H](Nc2cc(C)ccn2)c2ccccn2)c(NC(=O)c2ccccc2)s1. The fourth-order valence-corrected chi connectivity index (χ4v) is 4.36. The smallest absolute Gasteiger partial charge is 0.256 e. The maximum Gasteiger partial charge on any atom is 0.256 e. The monoisotopic (exact) mass is 428 g/mol. The van der Waals surface area contributed by atoms with Crippen molar-refractivity contribution >= 4 is 28.1 Å². The van der Waals surface area contributed by atoms with Crippen LogP contribution in [-0.4, -0.2) is 15.9 Å². The van der Waals surface area contributed by atoms with E-state index in [4.69, 9.17) is 0 Å². The van der Waals surface area contributed by atoms with E-state index in [0.29, 0.717) is 5.56 Å². The molecule has 0 fully saturated rings. The van der Waals surface area contributed by atoms with Gasteiger partial charge in [-0.15, -0.1) is 11.3 Å². The molecule has 3 heterocycles. The highest BCUT2D eigenvalue weighted by molar-refractivity contribution is 7.16. The van der Waals surface area contributed by atoms with Crippen molar-refractivity contribution in [2.24, 2.45) is 0 Å². The van der Waals surface area contributed by atoms with Crippen LogP contribution < -0.4 is 10.6 Å². The van der Waals surface area contributed by atoms with Gasteiger partial charge in [0.1, 0.15) is 10.8 Å². The molecule has 0 saturated heterocycles. The number of aryl methyl sites for hydroxylation is 2. The number of thiophene rings is 1. The summed E-state index contributed by atoms with van der Waals surface area (Å²) in [7, 11) is 0. The van der Waals surface area contributed by atoms with E-state index in [9.17, 15) is 4.79 Å². The average molecular weight is 429 g/mol. The van der Waals surface area contributed by atoms with Gasteiger partial charge in [-0.1, -0.05) is 31.2 Å². The molecular weight excluding hydrogens is 404 g/mol. The van der Waals surface area contributed by atoms with Crippen LogP contribution in [0.25, 0.3) is 0 Å². The Bertz CT molecular complexity index is 1160. The van der Waals surface area contributed by atoms with Gasteiger partial charge >= 0.3 is 0 Å². The average Bonchev–Trinajstić information content (AvgIpc) is 3.21. The number of nitrogens with one attached hydrogen (secondary N) is 2. The van der Waals surface area contributed by atoms with Crippen LogP contribution in [0.4, 0.5) is 10.8 Å². The number of pyridine rings is 2. The number of amides is 1. The standard InChI is InChI=1S/C25H24N4OS/c1-3-19-16-20(25(31-19)29-24(30)18-9-5-4-6-10-18)23(21-11-7-8-13-26-21)28-22-15-17(2)12-14-27-22/h4-16,23H,3H2,1-2H3,(H,27,28)(H,29,30)/t23-/m0/s1. The number of carbonyl (C=O) groups excluding carboxylic acids is 1. The van der Waals surface area contributed by atoms with E-state index in [-0.39, 0.29) is 11.9 Å². The highest BCUT2D eigenvalue weighted by Crippen LogP contribution is 2.37. The molecule has 0 unspecified atom stereocenters. The molecule has 5 nitrogen and oxygen atoms in total. The minimum atomic E-state index is -0.252. The Hall–Kier alpha value is -3.51. The molecule has 0 aliphatic rings. The number of aromatic nitrogens is 2. The number of benzene rings is 1. The predicted octanol–water partition coefficient (Wildman–Crippen LogP) is 5.86. The lowest BCUT2D eigenvalue weighted by atomic mass is 10.0. The van der Waals surface area contributed by atoms with Crippen molar-refractivity contribution < 1.29 is 4.79 Å². The fourth-order valence-electron chi connectivity index (χ4n) is 3.33. The van der Waals surface area contributed by atoms with Gasteiger partial charge in [-0.05, 0) is 61.4 Å². The molecule has 156 valence electrons. The Kier molecular flexibility index (Phi) is 6.38. The summed E-state index contributed by atoms with van der Waals surface area (Å²) in [5.41, 5.74) is 3.59. The van der Waals surface area contributed by atoms with Crippen LogP contribution in [-0.2, 0) is 6.42 Å². The first kappa shape index (κ1) is 20.8. The molecule has 1 atom stereocenters. The minimum absolute atomic E-state index is 0.125. The van der Waals surface area contributed by atoms with Gasteiger partial charge in [0.05, 0.1) is 11.7 Å². The zero-order valence-corrected chi connectivity index (χ0v) is 18.3. The quantitative estimate of drug-likeness (QED) is 0.387. The first-order chi connectivity index (χ1) is 15.1. The minimum Gasteiger partial charge on any atom is -0.357 e. The Morgan fingerprint density at radius 2 is 1.81 bits per heavy atom. The summed E-state index contributed by atoms with van der Waals surface area (Å²) in [6, 6.07) is 21.0. The molecule has 31 heavy (non-hydrogen) atoms. The molecule has 0 aliphatic carbocycles. The van der Waals surface area contributed by atoms with Crippen molar-refractivity contribution in [3.63, 3.8) is 0 Å². The van der Waals surface area contributed by atoms with Crippen molar-refractivity contribution in [3.8, 4) is 0 Å². The Morgan fingerprint density at radius 3 is 2.52 bits per heavy atom. The predicted molar refractivity (Wildman–Crippen MR) is 127 cm³/mol. The van der Waals surface area contributed by atoms with E-state index in [0.717, 1.165) is 34.1 Å². The van der Waals surface area contributed by atoms with Gasteiger partial charge in [-0.25, -0.2) is 4.98 Å². The second-order valence-corrected chi connectivity index (χ2v) is 8.36. The highest BCUT2D eigenvalue weighted by atomic mass is 32.1. The molecule has 0 saturated carbocycles. The molecule has 0 radical (unpaired) electrons. The van der Waals surface area contributed by atoms with Crippen molar-refractivity contribution in [2.45, 2.75) is 26.3 Å². The topological polar surface area (TPSA) is 66.9 Å². The normalized spacial score (nSPS) is 11.7. The molecule has 1 aromatic carbocycles. The van der Waals surface area contributed by atoms with Crippen molar-refractivity contribution in [1.29, 1.82) is 0 Å². The lowest BCUT2D eigenvalue weighted by Crippen LogP contribution is -2.18. The van der Waals surface area contributed by atoms with E-state index < -0.39 is 0 Å². The molecule has 1 amide bonds. The molecule has 0 bridgehead atoms. The molecule has 0 spiro atoms. The second-order valence-electron chi connectivity index (χ2n) is 7.22. The summed E-state index contributed by atoms with van der Waals surface area (Å²) < 4.78 is 0. The number of carbonyl (C=O) groups is 1. The summed E-state index contributed by atoms with van der Waals surface area (Å²) in [5.74, 6) is 0.639. The maximum atomic E-state index is 12.9. The highest BCUT2D eigenvalue weighted by Gasteiger charge is 2.23. The van der Waals surface area contributed by atoms with Gasteiger partial charge in [0.25, 0.3) is 5.91 Å². The molecular formula is C25H24N4OS. The second kappa shape index (κ2) is 9.53. The van der Waals surface area contributed by atoms with Crippen molar-refractivity contribution in [2.75, 3.05) is 10.6 Å². The van der Waals surface area contributed by atoms with E-state index >= 15 is 0 Å². The first-order valence-electron chi connectivity index (χ1n) is 10.2. The summed E-state index contributed by atoms with van der Waals surface area (Å²) in [4.78, 5) is 23.1. The van der Waals surface area contributed by atoms with Gasteiger partial charge < -0.3 is 10.6 Å². The van der Waals surface area contributed by atoms with Crippen LogP contribution in [0.15, 0.2) is 79.1 Å². The number of rotatable bonds is 7. The van der Waals surface area contributed by atoms with Crippen LogP contribution in [0.1, 0.15) is 45.0 Å². The van der Waals surface area contributed by atoms with Gasteiger partial charge in [0.15, 0.2) is 0 Å². The zero-order chi connectivity index (χ0) is 21.6. The summed E-state index contributed by atoms with van der Waals surface area (Å²) >= 11 is 1.60. The molecule has 0 aliphatic heterocycles. The number of anilines is 2. The molecule has 3 aromatic heterocycles. The number of nitrogens with zero attached hydrogens (tertiary/aromatic N) is 2. The van der Waals surface area contributed by atoms with Crippen LogP contribution in [0.3, 0.4) is 0 Å². The van der Waals surface area contributed by atoms with E-state index in [1.54, 1.807) is 23.7 Å². The third-order valence-electron chi connectivity index (χ3n) is 4.93. The maximum absolute atomic E-state index is 12.9. The van der Waals surface area contributed by atoms with Gasteiger partial charge in [-0.3, -0.25) is 9.78 Å². The molecule has 6 heteroatoms. The third kappa shape index (κ3) is 4.98. The summed E-state index contributed by atoms with van der Waals surface area (Å²) in [6.45, 7) is 4.15. The Balaban J connectivity index is 1.73. The Labute approximate surface area is 186 Å². The zero-order valence-electron chi connectivity index (χ0n) is 17.5. The molecule has 4 rings (SSSR count). The van der Waals surface area contributed by atoms with Crippen LogP contribution in [0, 0.1) is 6.92 Å². The van der Waals surface area contributed by atoms with E-state index in [1.807, 2.05) is 67.6 Å². The van der Waals surface area contributed by atoms with E-state index in [2.05, 4.69) is 33.6 Å². The number of hydrogen-bond donors (Lipinski definition) is 2. The Morgan fingerprint density at radius 1 is 1.00 bits per heavy atom. The lowest BCUT2D eigenvalue weighted by molar-refractivity contribution is 0.102. The van der Waals surface area contributed by atoms with Crippen LogP contribution >= 0.6 is 11.3 Å². The van der Waals surface area contributed by atoms with Gasteiger partial charge in [-0.2, -0.15) is 0 Å². The summed E-state index contributed by atoms with van der Waals surface area (Å²) in [6.07, 6.45) is 4.45. The van der Waals surface area contributed by atoms with Crippen molar-refractivity contribution in [1.82, 2.24) is 9.97 Å². The lowest BCUT2D eigenvalue weighted by Gasteiger charge is -2.20. The largest absolute Gasteiger partial charge is 0.357 e. The van der Waals surface area contributed by atoms with Crippen LogP contribution in [0.5, 0.6) is 0 Å². The molecule has 2 N–H and O–H groups in total. The first-order valence-corrected chi connectivity index (χ1v) is 11.0.